The number of hydrogen-bond donors (Lipinski definition) is 3. The van der Waals surface area contributed by atoms with Crippen molar-refractivity contribution in [1.82, 2.24) is 4.90 Å². The van der Waals surface area contributed by atoms with Gasteiger partial charge in [-0.3, -0.25) is 18.6 Å². The van der Waals surface area contributed by atoms with Crippen LogP contribution in [0.4, 0.5) is 22.7 Å². The van der Waals surface area contributed by atoms with E-state index in [-0.39, 0.29) is 22.9 Å². The SMILES string of the molecule is CCN(CC)C(=O)CN(c1ccc(N/C(=C2\C(=O)Nc3ccc(S(=O)(=O)Nc4ccccc4)cc32)c2ccccc2)cc1)S(C)(=O)=O. The van der Waals surface area contributed by atoms with Gasteiger partial charge in [0.05, 0.1) is 28.1 Å². The van der Waals surface area contributed by atoms with Crippen LogP contribution in [0.3, 0.4) is 0 Å². The third-order valence-corrected chi connectivity index (χ3v) is 10.1. The van der Waals surface area contributed by atoms with Gasteiger partial charge in [-0.1, -0.05) is 48.5 Å². The molecule has 244 valence electrons. The van der Waals surface area contributed by atoms with Gasteiger partial charge in [-0.25, -0.2) is 16.8 Å². The molecule has 1 aliphatic heterocycles. The van der Waals surface area contributed by atoms with E-state index in [4.69, 9.17) is 0 Å². The van der Waals surface area contributed by atoms with Crippen molar-refractivity contribution in [3.05, 3.63) is 114 Å². The second kappa shape index (κ2) is 13.7. The van der Waals surface area contributed by atoms with Crippen molar-refractivity contribution in [2.45, 2.75) is 18.7 Å². The first-order chi connectivity index (χ1) is 22.4. The van der Waals surface area contributed by atoms with Crippen LogP contribution in [0.1, 0.15) is 25.0 Å². The zero-order valence-corrected chi connectivity index (χ0v) is 27.7. The summed E-state index contributed by atoms with van der Waals surface area (Å²) in [6, 6.07) is 28.5. The number of para-hydroxylation sites is 1. The van der Waals surface area contributed by atoms with Gasteiger partial charge in [-0.2, -0.15) is 0 Å². The molecular weight excluding hydrogens is 639 g/mol. The fraction of sp³-hybridized carbons (Fsp3) is 0.176. The Morgan fingerprint density at radius 2 is 1.40 bits per heavy atom. The van der Waals surface area contributed by atoms with Crippen molar-refractivity contribution >= 4 is 65.9 Å². The molecule has 0 unspecified atom stereocenters. The summed E-state index contributed by atoms with van der Waals surface area (Å²) < 4.78 is 55.6. The van der Waals surface area contributed by atoms with Crippen LogP contribution in [0, 0.1) is 0 Å². The number of anilines is 4. The van der Waals surface area contributed by atoms with Gasteiger partial charge >= 0.3 is 0 Å². The standard InChI is InChI=1S/C34H35N5O6S2/c1-4-38(5-2)31(40)23-39(46(3,42)43)27-18-16-25(17-19-27)35-33(24-12-8-6-9-13-24)32-29-22-28(20-21-30(29)36-34(32)41)47(44,45)37-26-14-10-7-11-15-26/h6-22,35,37H,4-5,23H2,1-3H3,(H,36,41)/b33-32-. The lowest BCUT2D eigenvalue weighted by atomic mass is 10.00. The predicted molar refractivity (Wildman–Crippen MR) is 186 cm³/mol. The van der Waals surface area contributed by atoms with Gasteiger partial charge in [0.25, 0.3) is 15.9 Å². The van der Waals surface area contributed by atoms with E-state index in [2.05, 4.69) is 15.4 Å². The maximum absolute atomic E-state index is 13.5. The van der Waals surface area contributed by atoms with E-state index in [1.807, 2.05) is 44.2 Å². The highest BCUT2D eigenvalue weighted by molar-refractivity contribution is 7.92. The van der Waals surface area contributed by atoms with Gasteiger partial charge in [-0.05, 0) is 74.0 Å². The molecule has 0 atom stereocenters. The summed E-state index contributed by atoms with van der Waals surface area (Å²) in [5.74, 6) is -0.739. The first-order valence-corrected chi connectivity index (χ1v) is 18.2. The van der Waals surface area contributed by atoms with Crippen molar-refractivity contribution in [2.24, 2.45) is 0 Å². The van der Waals surface area contributed by atoms with Gasteiger partial charge in [0.15, 0.2) is 0 Å². The number of nitrogens with one attached hydrogen (secondary N) is 3. The smallest absolute Gasteiger partial charge is 0.261 e. The fourth-order valence-electron chi connectivity index (χ4n) is 5.22. The van der Waals surface area contributed by atoms with Crippen LogP contribution in [0.5, 0.6) is 0 Å². The van der Waals surface area contributed by atoms with E-state index in [0.29, 0.717) is 52.7 Å². The van der Waals surface area contributed by atoms with E-state index in [9.17, 15) is 26.4 Å². The maximum Gasteiger partial charge on any atom is 0.261 e. The third kappa shape index (κ3) is 7.47. The van der Waals surface area contributed by atoms with Crippen molar-refractivity contribution < 1.29 is 26.4 Å². The summed E-state index contributed by atoms with van der Waals surface area (Å²) >= 11 is 0. The number of benzene rings is 4. The molecule has 0 fully saturated rings. The Balaban J connectivity index is 1.53. The van der Waals surface area contributed by atoms with Crippen LogP contribution < -0.4 is 19.7 Å². The fourth-order valence-corrected chi connectivity index (χ4v) is 7.15. The molecule has 0 aromatic heterocycles. The van der Waals surface area contributed by atoms with Crippen LogP contribution in [0.15, 0.2) is 108 Å². The monoisotopic (exact) mass is 673 g/mol. The normalized spacial score (nSPS) is 13.7. The lowest BCUT2D eigenvalue weighted by molar-refractivity contribution is -0.129. The second-order valence-electron chi connectivity index (χ2n) is 10.8. The molecule has 4 aromatic rings. The minimum absolute atomic E-state index is 0.0222. The van der Waals surface area contributed by atoms with Gasteiger partial charge < -0.3 is 15.5 Å². The molecule has 5 rings (SSSR count). The van der Waals surface area contributed by atoms with E-state index in [1.54, 1.807) is 65.6 Å². The Morgan fingerprint density at radius 3 is 2.00 bits per heavy atom. The molecule has 0 aliphatic carbocycles. The number of amides is 2. The van der Waals surface area contributed by atoms with Crippen LogP contribution >= 0.6 is 0 Å². The van der Waals surface area contributed by atoms with Crippen molar-refractivity contribution in [2.75, 3.05) is 45.6 Å². The molecule has 0 saturated carbocycles. The molecule has 2 amide bonds. The number of hydrogen-bond acceptors (Lipinski definition) is 7. The van der Waals surface area contributed by atoms with E-state index >= 15 is 0 Å². The summed E-state index contributed by atoms with van der Waals surface area (Å²) in [5.41, 5.74) is 3.39. The number of nitrogens with zero attached hydrogens (tertiary/aromatic N) is 2. The summed E-state index contributed by atoms with van der Waals surface area (Å²) in [5, 5.41) is 6.13. The van der Waals surface area contributed by atoms with Gasteiger partial charge in [0, 0.05) is 35.7 Å². The van der Waals surface area contributed by atoms with Gasteiger partial charge in [0.1, 0.15) is 6.54 Å². The second-order valence-corrected chi connectivity index (χ2v) is 14.3. The molecule has 1 heterocycles. The Kier molecular flexibility index (Phi) is 9.68. The first kappa shape index (κ1) is 33.2. The number of sulfonamides is 2. The largest absolute Gasteiger partial charge is 0.354 e. The summed E-state index contributed by atoms with van der Waals surface area (Å²) in [7, 11) is -7.76. The molecule has 0 radical (unpaired) electrons. The molecule has 3 N–H and O–H groups in total. The Bertz CT molecular complexity index is 2030. The van der Waals surface area contributed by atoms with E-state index in [1.165, 1.54) is 12.1 Å². The van der Waals surface area contributed by atoms with Crippen LogP contribution in [0.25, 0.3) is 11.3 Å². The molecule has 1 aliphatic rings. The molecule has 0 spiro atoms. The summed E-state index contributed by atoms with van der Waals surface area (Å²) in [6.07, 6.45) is 1.05. The first-order valence-electron chi connectivity index (χ1n) is 14.9. The van der Waals surface area contributed by atoms with Gasteiger partial charge in [0.2, 0.25) is 15.9 Å². The van der Waals surface area contributed by atoms with Crippen molar-refractivity contribution in [1.29, 1.82) is 0 Å². The van der Waals surface area contributed by atoms with Crippen LogP contribution in [-0.2, 0) is 29.6 Å². The molecule has 0 bridgehead atoms. The average molecular weight is 674 g/mol. The molecule has 11 nitrogen and oxygen atoms in total. The number of fused-ring (bicyclic) bond motifs is 1. The van der Waals surface area contributed by atoms with E-state index < -0.39 is 26.0 Å². The zero-order valence-electron chi connectivity index (χ0n) is 26.1. The quantitative estimate of drug-likeness (QED) is 0.179. The number of rotatable bonds is 12. The Labute approximate surface area is 275 Å². The van der Waals surface area contributed by atoms with Crippen LogP contribution in [-0.4, -0.2) is 59.4 Å². The minimum atomic E-state index is -3.98. The lowest BCUT2D eigenvalue weighted by Gasteiger charge is -2.26. The highest BCUT2D eigenvalue weighted by Gasteiger charge is 2.31. The average Bonchev–Trinajstić information content (AvgIpc) is 3.38. The predicted octanol–water partition coefficient (Wildman–Crippen LogP) is 5.05. The minimum Gasteiger partial charge on any atom is -0.354 e. The number of likely N-dealkylation sites (N-methyl/N-ethyl adjacent to an activating group) is 1. The Hall–Kier alpha value is -5.14. The zero-order chi connectivity index (χ0) is 33.8. The molecule has 13 heteroatoms. The highest BCUT2D eigenvalue weighted by atomic mass is 32.2. The van der Waals surface area contributed by atoms with Crippen molar-refractivity contribution in [3.8, 4) is 0 Å². The topological polar surface area (TPSA) is 145 Å². The molecule has 47 heavy (non-hydrogen) atoms. The van der Waals surface area contributed by atoms with Crippen LogP contribution in [0.2, 0.25) is 0 Å². The number of carbonyl (C=O) groups excluding carboxylic acids is 2. The van der Waals surface area contributed by atoms with Crippen molar-refractivity contribution in [3.63, 3.8) is 0 Å². The maximum atomic E-state index is 13.5. The summed E-state index contributed by atoms with van der Waals surface area (Å²) in [4.78, 5) is 27.8. The van der Waals surface area contributed by atoms with E-state index in [0.717, 1.165) is 10.6 Å². The Morgan fingerprint density at radius 1 is 0.787 bits per heavy atom. The third-order valence-electron chi connectivity index (χ3n) is 7.60. The molecule has 0 saturated heterocycles. The highest BCUT2D eigenvalue weighted by Crippen LogP contribution is 2.39. The van der Waals surface area contributed by atoms with Gasteiger partial charge in [-0.15, -0.1) is 0 Å². The molecular formula is C34H35N5O6S2. The number of carbonyl (C=O) groups is 2. The summed E-state index contributed by atoms with van der Waals surface area (Å²) in [6.45, 7) is 4.24. The molecule has 4 aromatic carbocycles. The lowest BCUT2D eigenvalue weighted by Crippen LogP contribution is -2.42.